The van der Waals surface area contributed by atoms with Gasteiger partial charge in [-0.1, -0.05) is 60.7 Å². The summed E-state index contributed by atoms with van der Waals surface area (Å²) in [6.07, 6.45) is -2.21. The lowest BCUT2D eigenvalue weighted by atomic mass is 9.97. The molecule has 4 rings (SSSR count). The molecule has 4 aromatic carbocycles. The fourth-order valence-corrected chi connectivity index (χ4v) is 4.16. The second kappa shape index (κ2) is 10.2. The molecule has 0 aliphatic heterocycles. The zero-order valence-electron chi connectivity index (χ0n) is 16.9. The first-order valence-electron chi connectivity index (χ1n) is 9.89. The highest BCUT2D eigenvalue weighted by atomic mass is 79.9. The van der Waals surface area contributed by atoms with Crippen molar-refractivity contribution in [1.29, 1.82) is 0 Å². The Labute approximate surface area is 205 Å². The zero-order chi connectivity index (χ0) is 23.5. The van der Waals surface area contributed by atoms with Crippen LogP contribution in [0.2, 0.25) is 0 Å². The normalized spacial score (nSPS) is 13.0. The average Bonchev–Trinajstić information content (AvgIpc) is 2.81. The molecule has 0 radical (unpaired) electrons. The number of benzene rings is 4. The van der Waals surface area contributed by atoms with E-state index in [4.69, 9.17) is 4.74 Å². The smallest absolute Gasteiger partial charge is 0.137 e. The van der Waals surface area contributed by atoms with Gasteiger partial charge < -0.3 is 4.74 Å². The quantitative estimate of drug-likeness (QED) is 0.164. The van der Waals surface area contributed by atoms with Gasteiger partial charge in [0.15, 0.2) is 0 Å². The summed E-state index contributed by atoms with van der Waals surface area (Å²) in [4.78, 5) is 0. The highest BCUT2D eigenvalue weighted by Crippen LogP contribution is 2.39. The second-order valence-electron chi connectivity index (χ2n) is 7.29. The van der Waals surface area contributed by atoms with Crippen molar-refractivity contribution in [2.75, 3.05) is 0 Å². The van der Waals surface area contributed by atoms with Crippen LogP contribution in [0.5, 0.6) is 0 Å². The van der Waals surface area contributed by atoms with Crippen LogP contribution in [0.25, 0.3) is 0 Å². The molecule has 0 saturated heterocycles. The minimum atomic E-state index is -1.11. The van der Waals surface area contributed by atoms with E-state index in [0.29, 0.717) is 11.1 Å². The van der Waals surface area contributed by atoms with Crippen molar-refractivity contribution in [2.45, 2.75) is 12.2 Å². The highest BCUT2D eigenvalue weighted by Gasteiger charge is 2.28. The molecule has 0 aliphatic rings. The number of rotatable bonds is 6. The number of hydrogen-bond acceptors (Lipinski definition) is 1. The van der Waals surface area contributed by atoms with Crippen molar-refractivity contribution in [3.05, 3.63) is 139 Å². The Morgan fingerprint density at radius 3 is 1.24 bits per heavy atom. The summed E-state index contributed by atoms with van der Waals surface area (Å²) in [6.45, 7) is 0. The lowest BCUT2D eigenvalue weighted by Gasteiger charge is -2.27. The maximum Gasteiger partial charge on any atom is 0.137 e. The van der Waals surface area contributed by atoms with Crippen molar-refractivity contribution < 1.29 is 22.3 Å². The first-order valence-corrected chi connectivity index (χ1v) is 11.5. The molecule has 0 heterocycles. The Morgan fingerprint density at radius 2 is 0.879 bits per heavy atom. The molecule has 2 unspecified atom stereocenters. The minimum Gasteiger partial charge on any atom is -0.356 e. The van der Waals surface area contributed by atoms with Gasteiger partial charge in [-0.05, 0) is 67.3 Å². The summed E-state index contributed by atoms with van der Waals surface area (Å²) >= 11 is 5.97. The maximum absolute atomic E-state index is 15.0. The Hall–Kier alpha value is -2.48. The molecule has 0 bridgehead atoms. The van der Waals surface area contributed by atoms with Gasteiger partial charge in [0.05, 0.1) is 8.95 Å². The van der Waals surface area contributed by atoms with Crippen molar-refractivity contribution in [3.63, 3.8) is 0 Å². The van der Waals surface area contributed by atoms with Crippen LogP contribution >= 0.6 is 31.9 Å². The molecule has 0 spiro atoms. The van der Waals surface area contributed by atoms with Crippen LogP contribution in [0.4, 0.5) is 17.6 Å². The molecule has 4 aromatic rings. The topological polar surface area (TPSA) is 9.23 Å². The second-order valence-corrected chi connectivity index (χ2v) is 9.00. The summed E-state index contributed by atoms with van der Waals surface area (Å²) < 4.78 is 65.0. The van der Waals surface area contributed by atoms with Gasteiger partial charge in [0.25, 0.3) is 0 Å². The molecule has 0 aliphatic carbocycles. The van der Waals surface area contributed by atoms with Gasteiger partial charge >= 0.3 is 0 Å². The molecule has 2 atom stereocenters. The fourth-order valence-electron chi connectivity index (χ4n) is 3.53. The number of ether oxygens (including phenoxy) is 1. The van der Waals surface area contributed by atoms with E-state index in [0.717, 1.165) is 24.3 Å². The fraction of sp³-hybridized carbons (Fsp3) is 0.0769. The zero-order valence-corrected chi connectivity index (χ0v) is 20.1. The third kappa shape index (κ3) is 5.21. The van der Waals surface area contributed by atoms with E-state index in [2.05, 4.69) is 31.9 Å². The number of halogens is 6. The first-order chi connectivity index (χ1) is 15.8. The largest absolute Gasteiger partial charge is 0.356 e. The molecule has 33 heavy (non-hydrogen) atoms. The van der Waals surface area contributed by atoms with Gasteiger partial charge in [-0.15, -0.1) is 0 Å². The van der Waals surface area contributed by atoms with Crippen LogP contribution in [0, 0.1) is 23.3 Å². The lowest BCUT2D eigenvalue weighted by Crippen LogP contribution is -2.16. The molecule has 0 N–H and O–H groups in total. The molecule has 1 nitrogen and oxygen atoms in total. The molecule has 0 aromatic heterocycles. The SMILES string of the molecule is Fc1cc(C(OC(c2ccccc2)c2cc(F)c(Br)cc2F)c2ccccc2)c(F)cc1Br. The van der Waals surface area contributed by atoms with Crippen molar-refractivity contribution in [2.24, 2.45) is 0 Å². The van der Waals surface area contributed by atoms with Gasteiger partial charge in [-0.2, -0.15) is 0 Å². The number of hydrogen-bond donors (Lipinski definition) is 0. The van der Waals surface area contributed by atoms with E-state index >= 15 is 8.78 Å². The Kier molecular flexibility index (Phi) is 7.32. The van der Waals surface area contributed by atoms with Crippen LogP contribution < -0.4 is 0 Å². The third-order valence-electron chi connectivity index (χ3n) is 5.12. The molecular formula is C26H16Br2F4O. The maximum atomic E-state index is 15.0. The third-order valence-corrected chi connectivity index (χ3v) is 6.34. The summed E-state index contributed by atoms with van der Waals surface area (Å²) in [5.41, 5.74) is 0.913. The molecule has 0 saturated carbocycles. The summed E-state index contributed by atoms with van der Waals surface area (Å²) in [6, 6.07) is 21.4. The van der Waals surface area contributed by atoms with Crippen LogP contribution in [-0.4, -0.2) is 0 Å². The monoisotopic (exact) mass is 578 g/mol. The molecule has 168 valence electrons. The van der Waals surface area contributed by atoms with Crippen LogP contribution in [0.15, 0.2) is 93.9 Å². The average molecular weight is 580 g/mol. The predicted octanol–water partition coefficient (Wildman–Crippen LogP) is 8.66. The van der Waals surface area contributed by atoms with Crippen LogP contribution in [-0.2, 0) is 4.74 Å². The molecule has 0 fully saturated rings. The van der Waals surface area contributed by atoms with Crippen molar-refractivity contribution in [1.82, 2.24) is 0 Å². The van der Waals surface area contributed by atoms with Crippen molar-refractivity contribution >= 4 is 31.9 Å². The van der Waals surface area contributed by atoms with Gasteiger partial charge in [-0.3, -0.25) is 0 Å². The molecular weight excluding hydrogens is 564 g/mol. The van der Waals surface area contributed by atoms with E-state index in [-0.39, 0.29) is 20.1 Å². The Balaban J connectivity index is 1.89. The highest BCUT2D eigenvalue weighted by molar-refractivity contribution is 9.10. The molecule has 7 heteroatoms. The standard InChI is InChI=1S/C26H16Br2F4O/c27-19-13-21(29)17(11-23(19)31)25(15-7-3-1-4-8-15)33-26(16-9-5-2-6-10-16)18-12-24(32)20(28)14-22(18)30/h1-14,25-26H. The van der Waals surface area contributed by atoms with Crippen molar-refractivity contribution in [3.8, 4) is 0 Å². The van der Waals surface area contributed by atoms with Crippen LogP contribution in [0.3, 0.4) is 0 Å². The Bertz CT molecular complexity index is 1170. The minimum absolute atomic E-state index is 0.0313. The van der Waals surface area contributed by atoms with E-state index in [1.54, 1.807) is 60.7 Å². The van der Waals surface area contributed by atoms with E-state index in [1.165, 1.54) is 0 Å². The lowest BCUT2D eigenvalue weighted by molar-refractivity contribution is 0.0267. The van der Waals surface area contributed by atoms with E-state index < -0.39 is 35.5 Å². The van der Waals surface area contributed by atoms with Gasteiger partial charge in [0.2, 0.25) is 0 Å². The molecule has 0 amide bonds. The first kappa shape index (κ1) is 23.7. The van der Waals surface area contributed by atoms with E-state index in [1.807, 2.05) is 0 Å². The predicted molar refractivity (Wildman–Crippen MR) is 126 cm³/mol. The van der Waals surface area contributed by atoms with Gasteiger partial charge in [-0.25, -0.2) is 17.6 Å². The summed E-state index contributed by atoms with van der Waals surface area (Å²) in [5, 5.41) is 0. The van der Waals surface area contributed by atoms with Gasteiger partial charge in [0.1, 0.15) is 35.5 Å². The summed E-state index contributed by atoms with van der Waals surface area (Å²) in [7, 11) is 0. The van der Waals surface area contributed by atoms with Crippen LogP contribution in [0.1, 0.15) is 34.5 Å². The van der Waals surface area contributed by atoms with E-state index in [9.17, 15) is 8.78 Å². The van der Waals surface area contributed by atoms with Gasteiger partial charge in [0, 0.05) is 11.1 Å². The summed E-state index contributed by atoms with van der Waals surface area (Å²) in [5.74, 6) is -2.75. The Morgan fingerprint density at radius 1 is 0.515 bits per heavy atom.